The van der Waals surface area contributed by atoms with E-state index >= 15 is 0 Å². The molecule has 0 aliphatic carbocycles. The van der Waals surface area contributed by atoms with E-state index in [1.54, 1.807) is 6.33 Å². The summed E-state index contributed by atoms with van der Waals surface area (Å²) >= 11 is 0. The Morgan fingerprint density at radius 3 is 2.40 bits per heavy atom. The van der Waals surface area contributed by atoms with Crippen LogP contribution in [0.25, 0.3) is 11.0 Å². The minimum atomic E-state index is 0.828. The van der Waals surface area contributed by atoms with Gasteiger partial charge in [-0.05, 0) is 38.3 Å². The van der Waals surface area contributed by atoms with Crippen LogP contribution in [0.5, 0.6) is 0 Å². The molecule has 0 unspecified atom stereocenters. The van der Waals surface area contributed by atoms with E-state index < -0.39 is 0 Å². The minimum Gasteiger partial charge on any atom is -0.356 e. The van der Waals surface area contributed by atoms with E-state index in [-0.39, 0.29) is 0 Å². The average molecular weight is 270 g/mol. The number of pyridine rings is 1. The second-order valence-electron chi connectivity index (χ2n) is 5.73. The fraction of sp³-hybridized carbons (Fsp3) is 0.562. The number of nitrogens with zero attached hydrogens (tertiary/aromatic N) is 4. The smallest absolute Gasteiger partial charge is 0.165 e. The Morgan fingerprint density at radius 2 is 1.65 bits per heavy atom. The van der Waals surface area contributed by atoms with E-state index in [0.717, 1.165) is 35.6 Å². The number of hydrogen-bond acceptors (Lipinski definition) is 4. The summed E-state index contributed by atoms with van der Waals surface area (Å²) in [6.45, 7) is 6.34. The number of fused-ring (bicyclic) bond motifs is 1. The Balaban J connectivity index is 2.05. The summed E-state index contributed by atoms with van der Waals surface area (Å²) < 4.78 is 0. The first kappa shape index (κ1) is 13.3. The van der Waals surface area contributed by atoms with Crippen molar-refractivity contribution in [3.8, 4) is 0 Å². The maximum Gasteiger partial charge on any atom is 0.165 e. The number of aryl methyl sites for hydroxylation is 2. The molecule has 0 aromatic carbocycles. The van der Waals surface area contributed by atoms with Crippen molar-refractivity contribution in [2.24, 2.45) is 0 Å². The van der Waals surface area contributed by atoms with Crippen molar-refractivity contribution < 1.29 is 0 Å². The van der Waals surface area contributed by atoms with Crippen molar-refractivity contribution in [3.05, 3.63) is 23.7 Å². The van der Waals surface area contributed by atoms with Crippen LogP contribution >= 0.6 is 0 Å². The predicted octanol–water partition coefficient (Wildman–Crippen LogP) is 3.41. The number of rotatable bonds is 1. The minimum absolute atomic E-state index is 0.828. The molecule has 0 bridgehead atoms. The molecule has 0 spiro atoms. The summed E-state index contributed by atoms with van der Waals surface area (Å²) in [6.07, 6.45) is 8.19. The summed E-state index contributed by atoms with van der Waals surface area (Å²) in [7, 11) is 0. The molecular weight excluding hydrogens is 248 g/mol. The summed E-state index contributed by atoms with van der Waals surface area (Å²) in [6, 6.07) is 2.12. The molecule has 2 aromatic rings. The molecule has 4 heteroatoms. The van der Waals surface area contributed by atoms with E-state index in [0.29, 0.717) is 0 Å². The lowest BCUT2D eigenvalue weighted by molar-refractivity contribution is 0.554. The van der Waals surface area contributed by atoms with Gasteiger partial charge in [-0.15, -0.1) is 0 Å². The quantitative estimate of drug-likeness (QED) is 0.796. The molecule has 20 heavy (non-hydrogen) atoms. The third-order valence-corrected chi connectivity index (χ3v) is 4.06. The van der Waals surface area contributed by atoms with Gasteiger partial charge < -0.3 is 4.90 Å². The van der Waals surface area contributed by atoms with Gasteiger partial charge in [0.25, 0.3) is 0 Å². The summed E-state index contributed by atoms with van der Waals surface area (Å²) in [5.74, 6) is 1.07. The second-order valence-corrected chi connectivity index (χ2v) is 5.73. The van der Waals surface area contributed by atoms with Gasteiger partial charge in [0.05, 0.1) is 5.39 Å². The summed E-state index contributed by atoms with van der Waals surface area (Å²) in [5, 5.41) is 1.12. The number of hydrogen-bond donors (Lipinski definition) is 0. The highest BCUT2D eigenvalue weighted by Gasteiger charge is 2.16. The molecule has 2 aromatic heterocycles. The second kappa shape index (κ2) is 5.73. The molecule has 1 saturated heterocycles. The van der Waals surface area contributed by atoms with Gasteiger partial charge in [0.2, 0.25) is 0 Å². The average Bonchev–Trinajstić information content (AvgIpc) is 2.37. The predicted molar refractivity (Wildman–Crippen MR) is 82.1 cm³/mol. The summed E-state index contributed by atoms with van der Waals surface area (Å²) in [5.41, 5.74) is 3.08. The van der Waals surface area contributed by atoms with Crippen molar-refractivity contribution in [3.63, 3.8) is 0 Å². The molecule has 0 saturated carbocycles. The Hall–Kier alpha value is -1.71. The highest BCUT2D eigenvalue weighted by molar-refractivity contribution is 5.89. The van der Waals surface area contributed by atoms with Gasteiger partial charge in [-0.1, -0.05) is 19.3 Å². The third-order valence-electron chi connectivity index (χ3n) is 4.06. The molecule has 1 aliphatic rings. The maximum atomic E-state index is 4.57. The SMILES string of the molecule is Cc1cc(C)c2c(N3CCCCCCC3)ncnc2n1. The van der Waals surface area contributed by atoms with Crippen molar-refractivity contribution >= 4 is 16.9 Å². The normalized spacial score (nSPS) is 17.0. The van der Waals surface area contributed by atoms with Crippen molar-refractivity contribution in [1.82, 2.24) is 15.0 Å². The lowest BCUT2D eigenvalue weighted by Gasteiger charge is -2.27. The topological polar surface area (TPSA) is 41.9 Å². The van der Waals surface area contributed by atoms with Gasteiger partial charge >= 0.3 is 0 Å². The molecule has 4 nitrogen and oxygen atoms in total. The highest BCUT2D eigenvalue weighted by Crippen LogP contribution is 2.27. The van der Waals surface area contributed by atoms with Gasteiger partial charge in [-0.25, -0.2) is 15.0 Å². The zero-order chi connectivity index (χ0) is 13.9. The highest BCUT2D eigenvalue weighted by atomic mass is 15.2. The largest absolute Gasteiger partial charge is 0.356 e. The van der Waals surface area contributed by atoms with Crippen LogP contribution in [0.2, 0.25) is 0 Å². The Labute approximate surface area is 120 Å². The molecule has 3 rings (SSSR count). The first-order chi connectivity index (χ1) is 9.75. The maximum absolute atomic E-state index is 4.57. The van der Waals surface area contributed by atoms with Gasteiger partial charge in [-0.3, -0.25) is 0 Å². The van der Waals surface area contributed by atoms with Crippen LogP contribution in [-0.4, -0.2) is 28.0 Å². The van der Waals surface area contributed by atoms with Crippen LogP contribution in [0.3, 0.4) is 0 Å². The monoisotopic (exact) mass is 270 g/mol. The Bertz CT molecular complexity index is 601. The van der Waals surface area contributed by atoms with Crippen molar-refractivity contribution in [2.45, 2.75) is 46.0 Å². The zero-order valence-electron chi connectivity index (χ0n) is 12.4. The van der Waals surface area contributed by atoms with Crippen molar-refractivity contribution in [1.29, 1.82) is 0 Å². The molecule has 106 valence electrons. The van der Waals surface area contributed by atoms with Crippen LogP contribution in [-0.2, 0) is 0 Å². The van der Waals surface area contributed by atoms with Crippen LogP contribution in [0.1, 0.15) is 43.4 Å². The van der Waals surface area contributed by atoms with Gasteiger partial charge in [-0.2, -0.15) is 0 Å². The molecule has 1 fully saturated rings. The van der Waals surface area contributed by atoms with Crippen molar-refractivity contribution in [2.75, 3.05) is 18.0 Å². The lowest BCUT2D eigenvalue weighted by atomic mass is 10.1. The summed E-state index contributed by atoms with van der Waals surface area (Å²) in [4.78, 5) is 15.9. The fourth-order valence-corrected chi connectivity index (χ4v) is 3.09. The van der Waals surface area contributed by atoms with E-state index in [1.807, 2.05) is 6.92 Å². The van der Waals surface area contributed by atoms with E-state index in [1.165, 1.54) is 37.7 Å². The Morgan fingerprint density at radius 1 is 0.950 bits per heavy atom. The van der Waals surface area contributed by atoms with E-state index in [4.69, 9.17) is 0 Å². The van der Waals surface area contributed by atoms with E-state index in [2.05, 4.69) is 32.8 Å². The number of anilines is 1. The zero-order valence-corrected chi connectivity index (χ0v) is 12.4. The Kier molecular flexibility index (Phi) is 3.81. The van der Waals surface area contributed by atoms with Crippen LogP contribution in [0, 0.1) is 13.8 Å². The molecular formula is C16H22N4. The molecule has 0 amide bonds. The van der Waals surface area contributed by atoms with Gasteiger partial charge in [0, 0.05) is 18.8 Å². The first-order valence-electron chi connectivity index (χ1n) is 7.59. The fourth-order valence-electron chi connectivity index (χ4n) is 3.09. The molecule has 0 N–H and O–H groups in total. The first-order valence-corrected chi connectivity index (χ1v) is 7.59. The number of aromatic nitrogens is 3. The van der Waals surface area contributed by atoms with E-state index in [9.17, 15) is 0 Å². The third kappa shape index (κ3) is 2.60. The molecule has 0 atom stereocenters. The van der Waals surface area contributed by atoms with Crippen LogP contribution in [0.4, 0.5) is 5.82 Å². The standard InChI is InChI=1S/C16H22N4/c1-12-10-13(2)19-15-14(12)16(18-11-17-15)20-8-6-4-3-5-7-9-20/h10-11H,3-9H2,1-2H3. The van der Waals surface area contributed by atoms with Crippen LogP contribution < -0.4 is 4.90 Å². The lowest BCUT2D eigenvalue weighted by Crippen LogP contribution is -2.28. The van der Waals surface area contributed by atoms with Gasteiger partial charge in [0.1, 0.15) is 12.1 Å². The van der Waals surface area contributed by atoms with Gasteiger partial charge in [0.15, 0.2) is 5.65 Å². The molecule has 1 aliphatic heterocycles. The molecule has 0 radical (unpaired) electrons. The molecule has 3 heterocycles. The van der Waals surface area contributed by atoms with Crippen LogP contribution in [0.15, 0.2) is 12.4 Å².